The van der Waals surface area contributed by atoms with Crippen LogP contribution in [0.15, 0.2) is 206 Å². The van der Waals surface area contributed by atoms with Gasteiger partial charge in [0.2, 0.25) is 0 Å². The van der Waals surface area contributed by atoms with Crippen LogP contribution >= 0.6 is 0 Å². The Balaban J connectivity index is 1.15. The fourth-order valence-corrected chi connectivity index (χ4v) is 8.32. The van der Waals surface area contributed by atoms with Gasteiger partial charge in [-0.15, -0.1) is 0 Å². The predicted molar refractivity (Wildman–Crippen MR) is 236 cm³/mol. The molecule has 4 nitrogen and oxygen atoms in total. The molecule has 11 rings (SSSR count). The Labute approximate surface area is 330 Å². The third-order valence-corrected chi connectivity index (χ3v) is 11.0. The van der Waals surface area contributed by atoms with Crippen molar-refractivity contribution in [3.63, 3.8) is 0 Å². The van der Waals surface area contributed by atoms with Gasteiger partial charge in [0.05, 0.1) is 33.6 Å². The normalized spacial score (nSPS) is 11.5. The molecule has 0 atom stereocenters. The van der Waals surface area contributed by atoms with E-state index in [-0.39, 0.29) is 0 Å². The van der Waals surface area contributed by atoms with E-state index in [0.29, 0.717) is 5.82 Å². The van der Waals surface area contributed by atoms with Crippen LogP contribution in [0, 0.1) is 0 Å². The molecule has 0 unspecified atom stereocenters. The van der Waals surface area contributed by atoms with E-state index in [9.17, 15) is 0 Å². The zero-order valence-electron chi connectivity index (χ0n) is 30.9. The molecule has 0 aliphatic heterocycles. The van der Waals surface area contributed by atoms with Gasteiger partial charge in [0.25, 0.3) is 0 Å². The zero-order chi connectivity index (χ0) is 37.7. The van der Waals surface area contributed by atoms with E-state index < -0.39 is 0 Å². The molecule has 0 aliphatic rings. The summed E-state index contributed by atoms with van der Waals surface area (Å²) >= 11 is 0. The third kappa shape index (κ3) is 5.66. The molecule has 0 spiro atoms. The van der Waals surface area contributed by atoms with Gasteiger partial charge >= 0.3 is 0 Å². The Kier molecular flexibility index (Phi) is 7.78. The highest BCUT2D eigenvalue weighted by atomic mass is 15.0. The van der Waals surface area contributed by atoms with Crippen LogP contribution in [0.1, 0.15) is 0 Å². The fraction of sp³-hybridized carbons (Fsp3) is 0. The second-order valence-corrected chi connectivity index (χ2v) is 14.4. The predicted octanol–water partition coefficient (Wildman–Crippen LogP) is 13.6. The largest absolute Gasteiger partial charge is 0.309 e. The number of hydrogen-bond acceptors (Lipinski definition) is 3. The van der Waals surface area contributed by atoms with Gasteiger partial charge in [-0.1, -0.05) is 164 Å². The first-order valence-electron chi connectivity index (χ1n) is 19.3. The molecular formula is C53H34N4. The van der Waals surface area contributed by atoms with Crippen molar-refractivity contribution in [1.82, 2.24) is 19.5 Å². The molecule has 57 heavy (non-hydrogen) atoms. The lowest BCUT2D eigenvalue weighted by Gasteiger charge is -2.17. The van der Waals surface area contributed by atoms with Crippen molar-refractivity contribution < 1.29 is 0 Å². The monoisotopic (exact) mass is 726 g/mol. The second-order valence-electron chi connectivity index (χ2n) is 14.4. The van der Waals surface area contributed by atoms with Crippen molar-refractivity contribution in [2.75, 3.05) is 0 Å². The molecule has 0 aliphatic carbocycles. The Bertz CT molecular complexity index is 3210. The minimum Gasteiger partial charge on any atom is -0.309 e. The van der Waals surface area contributed by atoms with Crippen molar-refractivity contribution in [3.05, 3.63) is 206 Å². The maximum Gasteiger partial charge on any atom is 0.160 e. The van der Waals surface area contributed by atoms with Gasteiger partial charge in [-0.25, -0.2) is 15.0 Å². The molecule has 11 aromatic rings. The number of aromatic nitrogens is 4. The third-order valence-electron chi connectivity index (χ3n) is 11.0. The number of fused-ring (bicyclic) bond motifs is 6. The first-order chi connectivity index (χ1) is 28.3. The van der Waals surface area contributed by atoms with E-state index >= 15 is 0 Å². The average molecular weight is 727 g/mol. The summed E-state index contributed by atoms with van der Waals surface area (Å²) in [5.74, 6) is 0.665. The number of nitrogens with zero attached hydrogens (tertiary/aromatic N) is 4. The number of para-hydroxylation sites is 2. The Morgan fingerprint density at radius 1 is 0.333 bits per heavy atom. The van der Waals surface area contributed by atoms with Crippen molar-refractivity contribution in [2.24, 2.45) is 0 Å². The Morgan fingerprint density at radius 3 is 1.51 bits per heavy atom. The average Bonchev–Trinajstić information content (AvgIpc) is 3.63. The van der Waals surface area contributed by atoms with Gasteiger partial charge in [-0.3, -0.25) is 0 Å². The lowest BCUT2D eigenvalue weighted by atomic mass is 9.91. The van der Waals surface area contributed by atoms with E-state index in [2.05, 4.69) is 187 Å². The van der Waals surface area contributed by atoms with Crippen molar-refractivity contribution in [3.8, 4) is 62.0 Å². The lowest BCUT2D eigenvalue weighted by Crippen LogP contribution is -1.99. The summed E-state index contributed by atoms with van der Waals surface area (Å²) in [6, 6.07) is 72.5. The van der Waals surface area contributed by atoms with Crippen LogP contribution in [0.4, 0.5) is 0 Å². The number of benzene rings is 8. The van der Waals surface area contributed by atoms with Crippen LogP contribution in [0.25, 0.3) is 105 Å². The number of rotatable bonds is 6. The summed E-state index contributed by atoms with van der Waals surface area (Å²) in [6.07, 6.45) is 0. The quantitative estimate of drug-likeness (QED) is 0.160. The summed E-state index contributed by atoms with van der Waals surface area (Å²) in [7, 11) is 0. The highest BCUT2D eigenvalue weighted by molar-refractivity contribution is 6.18. The van der Waals surface area contributed by atoms with E-state index in [1.807, 2.05) is 24.3 Å². The molecule has 0 N–H and O–H groups in total. The van der Waals surface area contributed by atoms with E-state index in [0.717, 1.165) is 77.8 Å². The summed E-state index contributed by atoms with van der Waals surface area (Å²) in [6.45, 7) is 0. The fourth-order valence-electron chi connectivity index (χ4n) is 8.32. The molecule has 3 heterocycles. The van der Waals surface area contributed by atoms with Gasteiger partial charge in [-0.05, 0) is 64.4 Å². The molecule has 0 saturated heterocycles. The maximum atomic E-state index is 5.49. The maximum absolute atomic E-state index is 5.49. The second kappa shape index (κ2) is 13.6. The molecule has 0 fully saturated rings. The van der Waals surface area contributed by atoms with Gasteiger partial charge in [0.1, 0.15) is 0 Å². The van der Waals surface area contributed by atoms with Gasteiger partial charge in [0, 0.05) is 44.1 Å². The zero-order valence-corrected chi connectivity index (χ0v) is 30.9. The lowest BCUT2D eigenvalue weighted by molar-refractivity contribution is 1.17. The standard InChI is InChI=1S/C53H34N4/c1-4-16-35(17-5-1)44-33-46(36-18-6-2-7-19-36)54-52-45(32-39-22-10-11-23-41(39)51(44)52)48-34-47(55-53(56-48)38-20-8-3-9-21-38)37-28-30-40(31-29-37)57-49-26-14-12-24-42(49)43-25-13-15-27-50(43)57/h1-34H. The molecule has 4 heteroatoms. The minimum absolute atomic E-state index is 0.665. The summed E-state index contributed by atoms with van der Waals surface area (Å²) in [5.41, 5.74) is 13.2. The topological polar surface area (TPSA) is 43.6 Å². The van der Waals surface area contributed by atoms with Crippen molar-refractivity contribution in [2.45, 2.75) is 0 Å². The molecule has 0 amide bonds. The SMILES string of the molecule is c1ccc(-c2cc(-c3ccccc3)c3c(n2)c(-c2cc(-c4ccc(-n5c6ccccc6c6ccccc65)cc4)nc(-c4ccccc4)n2)cc2ccccc23)cc1. The van der Waals surface area contributed by atoms with Crippen molar-refractivity contribution >= 4 is 43.5 Å². The summed E-state index contributed by atoms with van der Waals surface area (Å²) < 4.78 is 2.34. The van der Waals surface area contributed by atoms with Gasteiger partial charge in [-0.2, -0.15) is 0 Å². The molecule has 266 valence electrons. The Hall–Kier alpha value is -7.69. The minimum atomic E-state index is 0.665. The Morgan fingerprint density at radius 2 is 0.842 bits per heavy atom. The van der Waals surface area contributed by atoms with E-state index in [1.54, 1.807) is 0 Å². The molecule has 3 aromatic heterocycles. The van der Waals surface area contributed by atoms with Crippen molar-refractivity contribution in [1.29, 1.82) is 0 Å². The summed E-state index contributed by atoms with van der Waals surface area (Å²) in [5, 5.41) is 5.87. The highest BCUT2D eigenvalue weighted by Gasteiger charge is 2.20. The van der Waals surface area contributed by atoms with E-state index in [1.165, 1.54) is 21.8 Å². The van der Waals surface area contributed by atoms with Crippen LogP contribution in [0.3, 0.4) is 0 Å². The van der Waals surface area contributed by atoms with E-state index in [4.69, 9.17) is 15.0 Å². The number of hydrogen-bond donors (Lipinski definition) is 0. The van der Waals surface area contributed by atoms with Gasteiger partial charge < -0.3 is 4.57 Å². The number of pyridine rings is 1. The van der Waals surface area contributed by atoms with Crippen LogP contribution in [0.5, 0.6) is 0 Å². The van der Waals surface area contributed by atoms with Crippen LogP contribution in [0.2, 0.25) is 0 Å². The molecule has 8 aromatic carbocycles. The van der Waals surface area contributed by atoms with Crippen LogP contribution in [-0.2, 0) is 0 Å². The smallest absolute Gasteiger partial charge is 0.160 e. The molecule has 0 bridgehead atoms. The first kappa shape index (κ1) is 32.7. The first-order valence-corrected chi connectivity index (χ1v) is 19.3. The summed E-state index contributed by atoms with van der Waals surface area (Å²) in [4.78, 5) is 16.0. The van der Waals surface area contributed by atoms with Crippen LogP contribution < -0.4 is 0 Å². The molecule has 0 radical (unpaired) electrons. The molecular weight excluding hydrogens is 693 g/mol. The highest BCUT2D eigenvalue weighted by Crippen LogP contribution is 2.42. The van der Waals surface area contributed by atoms with Gasteiger partial charge in [0.15, 0.2) is 5.82 Å². The van der Waals surface area contributed by atoms with Crippen LogP contribution in [-0.4, -0.2) is 19.5 Å². The molecule has 0 saturated carbocycles.